The van der Waals surface area contributed by atoms with Crippen LogP contribution >= 0.6 is 0 Å². The molecular weight excluding hydrogens is 331 g/mol. The van der Waals surface area contributed by atoms with Gasteiger partial charge in [0.25, 0.3) is 0 Å². The summed E-state index contributed by atoms with van der Waals surface area (Å²) in [5.74, 6) is 0.561. The standard InChI is InChI=1S/C18H18F3N3O/c1-4-8-24-17-16(11(2)23-24)14(18(19,20)21)10-15(22-17)12-6-5-7-13(9-12)25-3/h5-7,9-10H,4,8H2,1-3H3. The van der Waals surface area contributed by atoms with Crippen LogP contribution in [0.25, 0.3) is 22.3 Å². The zero-order valence-corrected chi connectivity index (χ0v) is 14.2. The maximum atomic E-state index is 13.6. The molecule has 1 aromatic carbocycles. The Balaban J connectivity index is 2.31. The van der Waals surface area contributed by atoms with Gasteiger partial charge in [-0.25, -0.2) is 9.67 Å². The lowest BCUT2D eigenvalue weighted by Crippen LogP contribution is -2.08. The van der Waals surface area contributed by atoms with E-state index < -0.39 is 11.7 Å². The lowest BCUT2D eigenvalue weighted by atomic mass is 10.0. The summed E-state index contributed by atoms with van der Waals surface area (Å²) in [6, 6.07) is 7.92. The van der Waals surface area contributed by atoms with Gasteiger partial charge in [-0.05, 0) is 31.5 Å². The van der Waals surface area contributed by atoms with Crippen molar-refractivity contribution in [2.75, 3.05) is 7.11 Å². The first kappa shape index (κ1) is 17.3. The second-order valence-corrected chi connectivity index (χ2v) is 5.79. The third-order valence-electron chi connectivity index (χ3n) is 3.98. The number of aromatic nitrogens is 3. The second kappa shape index (κ2) is 6.38. The van der Waals surface area contributed by atoms with Gasteiger partial charge in [0.2, 0.25) is 0 Å². The van der Waals surface area contributed by atoms with Gasteiger partial charge in [-0.2, -0.15) is 18.3 Å². The molecule has 0 fully saturated rings. The molecule has 2 heterocycles. The molecule has 4 nitrogen and oxygen atoms in total. The predicted octanol–water partition coefficient (Wildman–Crippen LogP) is 4.84. The molecule has 0 aliphatic heterocycles. The molecule has 0 radical (unpaired) electrons. The van der Waals surface area contributed by atoms with Crippen molar-refractivity contribution in [1.29, 1.82) is 0 Å². The average Bonchev–Trinajstić information content (AvgIpc) is 2.89. The molecule has 0 aliphatic carbocycles. The minimum Gasteiger partial charge on any atom is -0.497 e. The highest BCUT2D eigenvalue weighted by Crippen LogP contribution is 2.38. The highest BCUT2D eigenvalue weighted by Gasteiger charge is 2.35. The van der Waals surface area contributed by atoms with Crippen LogP contribution in [0.3, 0.4) is 0 Å². The molecule has 132 valence electrons. The Morgan fingerprint density at radius 3 is 2.60 bits per heavy atom. The normalized spacial score (nSPS) is 11.9. The van der Waals surface area contributed by atoms with Crippen LogP contribution in [0.15, 0.2) is 30.3 Å². The summed E-state index contributed by atoms with van der Waals surface area (Å²) < 4.78 is 47.6. The largest absolute Gasteiger partial charge is 0.497 e. The number of aryl methyl sites for hydroxylation is 2. The number of benzene rings is 1. The topological polar surface area (TPSA) is 39.9 Å². The first-order valence-corrected chi connectivity index (χ1v) is 7.95. The number of fused-ring (bicyclic) bond motifs is 1. The molecule has 7 heteroatoms. The summed E-state index contributed by atoms with van der Waals surface area (Å²) in [6.45, 7) is 4.03. The number of halogens is 3. The van der Waals surface area contributed by atoms with E-state index in [2.05, 4.69) is 10.1 Å². The Morgan fingerprint density at radius 2 is 1.96 bits per heavy atom. The molecule has 0 amide bonds. The molecule has 0 saturated heterocycles. The van der Waals surface area contributed by atoms with Crippen molar-refractivity contribution in [3.63, 3.8) is 0 Å². The van der Waals surface area contributed by atoms with Gasteiger partial charge in [0.05, 0.1) is 29.4 Å². The van der Waals surface area contributed by atoms with E-state index >= 15 is 0 Å². The van der Waals surface area contributed by atoms with E-state index in [0.29, 0.717) is 23.6 Å². The molecule has 2 aromatic heterocycles. The van der Waals surface area contributed by atoms with Gasteiger partial charge in [0, 0.05) is 12.1 Å². The maximum Gasteiger partial charge on any atom is 0.417 e. The van der Waals surface area contributed by atoms with Crippen molar-refractivity contribution >= 4 is 11.0 Å². The molecule has 0 bridgehead atoms. The quantitative estimate of drug-likeness (QED) is 0.676. The van der Waals surface area contributed by atoms with Crippen LogP contribution in [-0.2, 0) is 12.7 Å². The third-order valence-corrected chi connectivity index (χ3v) is 3.98. The van der Waals surface area contributed by atoms with Crippen molar-refractivity contribution in [3.05, 3.63) is 41.6 Å². The van der Waals surface area contributed by atoms with Crippen LogP contribution in [-0.4, -0.2) is 21.9 Å². The molecular formula is C18H18F3N3O. The highest BCUT2D eigenvalue weighted by atomic mass is 19.4. The van der Waals surface area contributed by atoms with Gasteiger partial charge in [-0.15, -0.1) is 0 Å². The molecule has 0 aliphatic rings. The fraction of sp³-hybridized carbons (Fsp3) is 0.333. The fourth-order valence-corrected chi connectivity index (χ4v) is 2.88. The summed E-state index contributed by atoms with van der Waals surface area (Å²) in [6.07, 6.45) is -3.73. The number of rotatable bonds is 4. The minimum absolute atomic E-state index is 0.0626. The van der Waals surface area contributed by atoms with Crippen molar-refractivity contribution in [1.82, 2.24) is 14.8 Å². The summed E-state index contributed by atoms with van der Waals surface area (Å²) in [5, 5.41) is 4.31. The van der Waals surface area contributed by atoms with E-state index in [1.165, 1.54) is 7.11 Å². The first-order valence-electron chi connectivity index (χ1n) is 7.95. The van der Waals surface area contributed by atoms with Gasteiger partial charge in [-0.1, -0.05) is 19.1 Å². The van der Waals surface area contributed by atoms with Gasteiger partial charge < -0.3 is 4.74 Å². The van der Waals surface area contributed by atoms with Crippen molar-refractivity contribution in [2.24, 2.45) is 0 Å². The van der Waals surface area contributed by atoms with Crippen molar-refractivity contribution in [3.8, 4) is 17.0 Å². The average molecular weight is 349 g/mol. The smallest absolute Gasteiger partial charge is 0.417 e. The number of pyridine rings is 1. The molecule has 0 unspecified atom stereocenters. The van der Waals surface area contributed by atoms with Crippen LogP contribution < -0.4 is 4.74 Å². The van der Waals surface area contributed by atoms with E-state index in [1.54, 1.807) is 35.9 Å². The van der Waals surface area contributed by atoms with Gasteiger partial charge in [-0.3, -0.25) is 0 Å². The highest BCUT2D eigenvalue weighted by molar-refractivity contribution is 5.85. The van der Waals surface area contributed by atoms with Crippen LogP contribution in [0.4, 0.5) is 13.2 Å². The number of nitrogens with zero attached hydrogens (tertiary/aromatic N) is 3. The summed E-state index contributed by atoms with van der Waals surface area (Å²) in [4.78, 5) is 4.48. The molecule has 25 heavy (non-hydrogen) atoms. The first-order chi connectivity index (χ1) is 11.8. The van der Waals surface area contributed by atoms with E-state index in [1.807, 2.05) is 6.92 Å². The number of alkyl halides is 3. The monoisotopic (exact) mass is 349 g/mol. The number of methoxy groups -OCH3 is 1. The Labute approximate surface area is 143 Å². The van der Waals surface area contributed by atoms with Gasteiger partial charge in [0.1, 0.15) is 5.75 Å². The molecule has 0 N–H and O–H groups in total. The zero-order chi connectivity index (χ0) is 18.2. The Morgan fingerprint density at radius 1 is 1.20 bits per heavy atom. The third kappa shape index (κ3) is 3.18. The van der Waals surface area contributed by atoms with Gasteiger partial charge in [0.15, 0.2) is 5.65 Å². The van der Waals surface area contributed by atoms with E-state index in [4.69, 9.17) is 4.74 Å². The number of hydrogen-bond donors (Lipinski definition) is 0. The van der Waals surface area contributed by atoms with E-state index in [-0.39, 0.29) is 16.7 Å². The Kier molecular flexibility index (Phi) is 4.41. The van der Waals surface area contributed by atoms with Crippen LogP contribution in [0.2, 0.25) is 0 Å². The Bertz CT molecular complexity index is 916. The predicted molar refractivity (Wildman–Crippen MR) is 89.5 cm³/mol. The maximum absolute atomic E-state index is 13.6. The second-order valence-electron chi connectivity index (χ2n) is 5.79. The number of ether oxygens (including phenoxy) is 1. The van der Waals surface area contributed by atoms with Gasteiger partial charge >= 0.3 is 6.18 Å². The minimum atomic E-state index is -4.49. The van der Waals surface area contributed by atoms with Crippen molar-refractivity contribution in [2.45, 2.75) is 33.0 Å². The van der Waals surface area contributed by atoms with Crippen molar-refractivity contribution < 1.29 is 17.9 Å². The van der Waals surface area contributed by atoms with E-state index in [0.717, 1.165) is 12.5 Å². The van der Waals surface area contributed by atoms with Crippen LogP contribution in [0.1, 0.15) is 24.6 Å². The molecule has 3 rings (SSSR count). The summed E-state index contributed by atoms with van der Waals surface area (Å²) in [5.41, 5.74) is 0.687. The Hall–Kier alpha value is -2.57. The summed E-state index contributed by atoms with van der Waals surface area (Å²) >= 11 is 0. The molecule has 0 spiro atoms. The van der Waals surface area contributed by atoms with Crippen LogP contribution in [0.5, 0.6) is 5.75 Å². The van der Waals surface area contributed by atoms with Crippen LogP contribution in [0, 0.1) is 6.92 Å². The molecule has 0 atom stereocenters. The lowest BCUT2D eigenvalue weighted by Gasteiger charge is -2.12. The lowest BCUT2D eigenvalue weighted by molar-refractivity contribution is -0.136. The zero-order valence-electron chi connectivity index (χ0n) is 14.2. The number of hydrogen-bond acceptors (Lipinski definition) is 3. The summed E-state index contributed by atoms with van der Waals surface area (Å²) in [7, 11) is 1.51. The molecule has 0 saturated carbocycles. The SMILES string of the molecule is CCCn1nc(C)c2c(C(F)(F)F)cc(-c3cccc(OC)c3)nc21. The fourth-order valence-electron chi connectivity index (χ4n) is 2.88. The van der Waals surface area contributed by atoms with E-state index in [9.17, 15) is 13.2 Å². The molecule has 3 aromatic rings.